The molecule has 2 heterocycles. The molecule has 0 saturated carbocycles. The van der Waals surface area contributed by atoms with Crippen molar-refractivity contribution >= 4 is 17.0 Å². The summed E-state index contributed by atoms with van der Waals surface area (Å²) in [4.78, 5) is 4.55. The van der Waals surface area contributed by atoms with Crippen molar-refractivity contribution in [2.24, 2.45) is 0 Å². The lowest BCUT2D eigenvalue weighted by atomic mass is 10.3. The second-order valence-electron chi connectivity index (χ2n) is 3.95. The number of imidazole rings is 1. The van der Waals surface area contributed by atoms with Crippen molar-refractivity contribution in [3.63, 3.8) is 0 Å². The number of aromatic nitrogens is 2. The number of rotatable bonds is 2. The molecule has 0 atom stereocenters. The van der Waals surface area contributed by atoms with Gasteiger partial charge in [0, 0.05) is 19.2 Å². The molecule has 0 aliphatic carbocycles. The van der Waals surface area contributed by atoms with Gasteiger partial charge in [0.15, 0.2) is 0 Å². The Morgan fingerprint density at radius 1 is 1.50 bits per heavy atom. The first-order valence-electron chi connectivity index (χ1n) is 5.75. The Labute approximate surface area is 94.2 Å². The zero-order valence-corrected chi connectivity index (χ0v) is 9.36. The van der Waals surface area contributed by atoms with E-state index in [1.54, 1.807) is 0 Å². The van der Waals surface area contributed by atoms with E-state index in [0.717, 1.165) is 42.2 Å². The van der Waals surface area contributed by atoms with E-state index in [0.29, 0.717) is 6.61 Å². The van der Waals surface area contributed by atoms with Gasteiger partial charge in [0.1, 0.15) is 5.75 Å². The quantitative estimate of drug-likeness (QED) is 0.838. The largest absolute Gasteiger partial charge is 0.494 e. The first kappa shape index (κ1) is 9.51. The van der Waals surface area contributed by atoms with Crippen molar-refractivity contribution in [1.82, 2.24) is 9.55 Å². The number of ether oxygens (including phenoxy) is 1. The van der Waals surface area contributed by atoms with Gasteiger partial charge in [-0.1, -0.05) is 0 Å². The van der Waals surface area contributed by atoms with Crippen molar-refractivity contribution in [2.75, 3.05) is 18.5 Å². The van der Waals surface area contributed by atoms with Crippen LogP contribution in [-0.4, -0.2) is 22.7 Å². The normalized spacial score (nSPS) is 14.6. The highest BCUT2D eigenvalue weighted by molar-refractivity contribution is 5.80. The summed E-state index contributed by atoms with van der Waals surface area (Å²) in [5.74, 6) is 1.90. The summed E-state index contributed by atoms with van der Waals surface area (Å²) in [6.45, 7) is 4.75. The van der Waals surface area contributed by atoms with Gasteiger partial charge in [0.05, 0.1) is 17.6 Å². The Morgan fingerprint density at radius 3 is 3.31 bits per heavy atom. The molecule has 0 amide bonds. The Hall–Kier alpha value is -1.71. The number of anilines is 1. The van der Waals surface area contributed by atoms with Crippen molar-refractivity contribution in [3.8, 4) is 5.75 Å². The Kier molecular flexibility index (Phi) is 2.20. The topological polar surface area (TPSA) is 39.1 Å². The van der Waals surface area contributed by atoms with Gasteiger partial charge in [-0.2, -0.15) is 0 Å². The number of hydrogen-bond acceptors (Lipinski definition) is 3. The van der Waals surface area contributed by atoms with Crippen LogP contribution in [0, 0.1) is 0 Å². The Bertz CT molecular complexity index is 518. The van der Waals surface area contributed by atoms with Gasteiger partial charge in [-0.25, -0.2) is 4.98 Å². The molecular weight excluding hydrogens is 202 g/mol. The molecule has 0 saturated heterocycles. The van der Waals surface area contributed by atoms with Crippen LogP contribution in [0.3, 0.4) is 0 Å². The predicted molar refractivity (Wildman–Crippen MR) is 64.0 cm³/mol. The first-order valence-corrected chi connectivity index (χ1v) is 5.75. The van der Waals surface area contributed by atoms with E-state index in [4.69, 9.17) is 4.74 Å². The zero-order chi connectivity index (χ0) is 11.0. The molecule has 0 fully saturated rings. The van der Waals surface area contributed by atoms with Gasteiger partial charge < -0.3 is 14.6 Å². The number of fused-ring (bicyclic) bond motifs is 3. The highest BCUT2D eigenvalue weighted by Gasteiger charge is 2.14. The Morgan fingerprint density at radius 2 is 2.44 bits per heavy atom. The third-order valence-electron chi connectivity index (χ3n) is 2.87. The summed E-state index contributed by atoms with van der Waals surface area (Å²) in [5, 5.41) is 3.31. The number of aryl methyl sites for hydroxylation is 1. The molecule has 1 aliphatic rings. The highest BCUT2D eigenvalue weighted by atomic mass is 16.5. The van der Waals surface area contributed by atoms with Crippen molar-refractivity contribution < 1.29 is 4.74 Å². The molecule has 4 heteroatoms. The van der Waals surface area contributed by atoms with Crippen LogP contribution in [0.15, 0.2) is 18.2 Å². The molecule has 3 rings (SSSR count). The van der Waals surface area contributed by atoms with Crippen LogP contribution in [0.4, 0.5) is 5.95 Å². The molecule has 0 unspecified atom stereocenters. The van der Waals surface area contributed by atoms with Gasteiger partial charge in [0.2, 0.25) is 5.95 Å². The third kappa shape index (κ3) is 1.41. The summed E-state index contributed by atoms with van der Waals surface area (Å²) < 4.78 is 7.74. The standard InChI is InChI=1S/C12H15N3O/c1-2-16-9-4-5-10-11(8-9)15-7-3-6-13-12(15)14-10/h4-5,8H,2-3,6-7H2,1H3,(H,13,14). The van der Waals surface area contributed by atoms with Crippen LogP contribution in [0.5, 0.6) is 5.75 Å². The van der Waals surface area contributed by atoms with Gasteiger partial charge in [-0.05, 0) is 25.5 Å². The fourth-order valence-corrected chi connectivity index (χ4v) is 2.16. The Balaban J connectivity index is 2.13. The van der Waals surface area contributed by atoms with Gasteiger partial charge in [-0.3, -0.25) is 0 Å². The van der Waals surface area contributed by atoms with E-state index in [-0.39, 0.29) is 0 Å². The third-order valence-corrected chi connectivity index (χ3v) is 2.87. The van der Waals surface area contributed by atoms with Crippen LogP contribution in [-0.2, 0) is 6.54 Å². The number of benzene rings is 1. The molecule has 0 radical (unpaired) electrons. The fourth-order valence-electron chi connectivity index (χ4n) is 2.16. The lowest BCUT2D eigenvalue weighted by Gasteiger charge is -2.15. The molecule has 1 aliphatic heterocycles. The molecule has 0 spiro atoms. The van der Waals surface area contributed by atoms with E-state index < -0.39 is 0 Å². The van der Waals surface area contributed by atoms with Crippen LogP contribution in [0.2, 0.25) is 0 Å². The van der Waals surface area contributed by atoms with E-state index in [1.807, 2.05) is 19.1 Å². The van der Waals surface area contributed by atoms with E-state index in [2.05, 4.69) is 20.9 Å². The van der Waals surface area contributed by atoms with E-state index in [9.17, 15) is 0 Å². The lowest BCUT2D eigenvalue weighted by molar-refractivity contribution is 0.340. The predicted octanol–water partition coefficient (Wildman–Crippen LogP) is 2.25. The number of hydrogen-bond donors (Lipinski definition) is 1. The second-order valence-corrected chi connectivity index (χ2v) is 3.95. The van der Waals surface area contributed by atoms with E-state index >= 15 is 0 Å². The molecule has 2 aromatic rings. The minimum Gasteiger partial charge on any atom is -0.494 e. The van der Waals surface area contributed by atoms with Crippen molar-refractivity contribution in [3.05, 3.63) is 18.2 Å². The first-order chi connectivity index (χ1) is 7.88. The fraction of sp³-hybridized carbons (Fsp3) is 0.417. The maximum Gasteiger partial charge on any atom is 0.203 e. The molecule has 16 heavy (non-hydrogen) atoms. The molecule has 84 valence electrons. The average Bonchev–Trinajstić information content (AvgIpc) is 2.68. The summed E-state index contributed by atoms with van der Waals surface area (Å²) in [6.07, 6.45) is 1.15. The second kappa shape index (κ2) is 3.70. The van der Waals surface area contributed by atoms with Gasteiger partial charge >= 0.3 is 0 Å². The molecule has 1 N–H and O–H groups in total. The summed E-state index contributed by atoms with van der Waals surface area (Å²) in [6, 6.07) is 6.07. The smallest absolute Gasteiger partial charge is 0.203 e. The maximum absolute atomic E-state index is 5.51. The molecule has 1 aromatic carbocycles. The monoisotopic (exact) mass is 217 g/mol. The number of nitrogens with zero attached hydrogens (tertiary/aromatic N) is 2. The van der Waals surface area contributed by atoms with Crippen molar-refractivity contribution in [1.29, 1.82) is 0 Å². The zero-order valence-electron chi connectivity index (χ0n) is 9.36. The summed E-state index contributed by atoms with van der Waals surface area (Å²) in [5.41, 5.74) is 2.20. The minimum atomic E-state index is 0.699. The van der Waals surface area contributed by atoms with Gasteiger partial charge in [-0.15, -0.1) is 0 Å². The SMILES string of the molecule is CCOc1ccc2nc3n(c2c1)CCCN3. The van der Waals surface area contributed by atoms with Crippen LogP contribution < -0.4 is 10.1 Å². The van der Waals surface area contributed by atoms with E-state index in [1.165, 1.54) is 0 Å². The minimum absolute atomic E-state index is 0.699. The molecule has 0 bridgehead atoms. The van der Waals surface area contributed by atoms with Crippen LogP contribution in [0.25, 0.3) is 11.0 Å². The molecular formula is C12H15N3O. The summed E-state index contributed by atoms with van der Waals surface area (Å²) in [7, 11) is 0. The van der Waals surface area contributed by atoms with Crippen LogP contribution >= 0.6 is 0 Å². The van der Waals surface area contributed by atoms with Crippen LogP contribution in [0.1, 0.15) is 13.3 Å². The summed E-state index contributed by atoms with van der Waals surface area (Å²) >= 11 is 0. The highest BCUT2D eigenvalue weighted by Crippen LogP contribution is 2.26. The lowest BCUT2D eigenvalue weighted by Crippen LogP contribution is -2.16. The van der Waals surface area contributed by atoms with Crippen molar-refractivity contribution in [2.45, 2.75) is 19.9 Å². The molecule has 1 aromatic heterocycles. The number of nitrogens with one attached hydrogen (secondary N) is 1. The molecule has 4 nitrogen and oxygen atoms in total. The van der Waals surface area contributed by atoms with Gasteiger partial charge in [0.25, 0.3) is 0 Å². The maximum atomic E-state index is 5.51. The average molecular weight is 217 g/mol.